The first-order valence-corrected chi connectivity index (χ1v) is 16.7. The van der Waals surface area contributed by atoms with Crippen molar-refractivity contribution < 1.29 is 28.2 Å². The molecule has 2 saturated carbocycles. The van der Waals surface area contributed by atoms with E-state index < -0.39 is 23.6 Å². The number of amides is 3. The van der Waals surface area contributed by atoms with E-state index in [9.17, 15) is 23.6 Å². The molecule has 3 fully saturated rings. The Morgan fingerprint density at radius 1 is 0.978 bits per heavy atom. The maximum atomic E-state index is 14.0. The number of hydrogen-bond acceptors (Lipinski definition) is 8. The number of fused-ring (bicyclic) bond motifs is 9. The van der Waals surface area contributed by atoms with E-state index in [0.717, 1.165) is 33.2 Å². The highest BCUT2D eigenvalue weighted by Gasteiger charge is 2.69. The number of H-pyrrole nitrogens is 1. The molecule has 234 valence electrons. The van der Waals surface area contributed by atoms with Crippen molar-refractivity contribution in [2.24, 2.45) is 29.6 Å². The second-order valence-corrected chi connectivity index (χ2v) is 14.3. The van der Waals surface area contributed by atoms with Crippen LogP contribution in [0, 0.1) is 35.4 Å². The number of carbonyl (C=O) groups excluding carboxylic acids is 3. The van der Waals surface area contributed by atoms with Crippen molar-refractivity contribution in [1.29, 1.82) is 0 Å². The summed E-state index contributed by atoms with van der Waals surface area (Å²) in [5, 5.41) is 3.52. The number of methoxy groups -OCH3 is 1. The summed E-state index contributed by atoms with van der Waals surface area (Å²) in [6.07, 6.45) is 0.754. The molecule has 7 atom stereocenters. The molecule has 6 unspecified atom stereocenters. The molecule has 3 aromatic carbocycles. The topological polar surface area (TPSA) is 118 Å². The van der Waals surface area contributed by atoms with Crippen molar-refractivity contribution in [3.05, 3.63) is 98.7 Å². The number of anilines is 2. The summed E-state index contributed by atoms with van der Waals surface area (Å²) in [5.41, 5.74) is 1.82. The minimum atomic E-state index is -0.448. The number of thioether (sulfide) groups is 1. The molecule has 3 amide bonds. The average molecular weight is 658 g/mol. The summed E-state index contributed by atoms with van der Waals surface area (Å²) in [6.45, 7) is -0.277. The summed E-state index contributed by atoms with van der Waals surface area (Å²) >= 11 is 2.78. The van der Waals surface area contributed by atoms with Gasteiger partial charge in [0.2, 0.25) is 11.8 Å². The summed E-state index contributed by atoms with van der Waals surface area (Å²) in [6, 6.07) is 19.9. The highest BCUT2D eigenvalue weighted by Crippen LogP contribution is 2.69. The van der Waals surface area contributed by atoms with Gasteiger partial charge in [-0.3, -0.25) is 24.1 Å². The van der Waals surface area contributed by atoms with Gasteiger partial charge in [-0.15, -0.1) is 11.8 Å². The number of benzene rings is 3. The third kappa shape index (κ3) is 4.57. The second kappa shape index (κ2) is 11.1. The minimum Gasteiger partial charge on any atom is -0.497 e. The number of hydrogen-bond donors (Lipinski definition) is 2. The van der Waals surface area contributed by atoms with Crippen LogP contribution in [0.25, 0.3) is 0 Å². The Morgan fingerprint density at radius 3 is 2.43 bits per heavy atom. The fraction of sp³-hybridized carbons (Fsp3) is 0.294. The van der Waals surface area contributed by atoms with Crippen molar-refractivity contribution in [3.63, 3.8) is 0 Å². The fourth-order valence-corrected chi connectivity index (χ4v) is 11.0. The molecule has 2 aliphatic carbocycles. The molecular formula is C34H28FN3O6S2. The van der Waals surface area contributed by atoms with Gasteiger partial charge in [-0.25, -0.2) is 4.39 Å². The SMILES string of the molecule is COc1ccc(N2C(=O)C3C4CC(C3C2=O)C2C4Sc3[nH]c(=O)sc3[C@@H]2c2ccccc2OCC(=O)Nc2ccc(F)cc2)cc1. The number of para-hydroxylation sites is 1. The van der Waals surface area contributed by atoms with Crippen molar-refractivity contribution >= 4 is 52.2 Å². The average Bonchev–Trinajstić information content (AvgIpc) is 3.80. The Hall–Kier alpha value is -4.42. The molecule has 1 saturated heterocycles. The molecule has 9 nitrogen and oxygen atoms in total. The second-order valence-electron chi connectivity index (χ2n) is 12.1. The van der Waals surface area contributed by atoms with Crippen LogP contribution in [0.2, 0.25) is 0 Å². The molecule has 12 heteroatoms. The van der Waals surface area contributed by atoms with E-state index >= 15 is 0 Å². The Balaban J connectivity index is 1.11. The lowest BCUT2D eigenvalue weighted by Gasteiger charge is -2.43. The molecule has 4 aromatic rings. The van der Waals surface area contributed by atoms with Gasteiger partial charge in [0.25, 0.3) is 5.91 Å². The van der Waals surface area contributed by atoms with Crippen LogP contribution in [-0.4, -0.2) is 41.7 Å². The van der Waals surface area contributed by atoms with Gasteiger partial charge in [0.1, 0.15) is 17.3 Å². The Bertz CT molecular complexity index is 1930. The maximum Gasteiger partial charge on any atom is 0.305 e. The van der Waals surface area contributed by atoms with E-state index in [1.54, 1.807) is 49.2 Å². The fourth-order valence-electron chi connectivity index (χ4n) is 8.09. The summed E-state index contributed by atoms with van der Waals surface area (Å²) in [4.78, 5) is 58.5. The smallest absolute Gasteiger partial charge is 0.305 e. The van der Waals surface area contributed by atoms with Crippen LogP contribution < -0.4 is 24.6 Å². The lowest BCUT2D eigenvalue weighted by atomic mass is 9.68. The van der Waals surface area contributed by atoms with E-state index in [1.165, 1.54) is 29.2 Å². The van der Waals surface area contributed by atoms with Crippen LogP contribution in [0.1, 0.15) is 22.8 Å². The quantitative estimate of drug-likeness (QED) is 0.260. The van der Waals surface area contributed by atoms with E-state index in [-0.39, 0.29) is 52.2 Å². The molecule has 3 heterocycles. The number of nitrogens with zero attached hydrogens (tertiary/aromatic N) is 1. The Morgan fingerprint density at radius 2 is 1.70 bits per heavy atom. The normalized spacial score (nSPS) is 27.3. The maximum absolute atomic E-state index is 14.0. The first-order chi connectivity index (χ1) is 22.3. The first kappa shape index (κ1) is 29.0. The van der Waals surface area contributed by atoms with Gasteiger partial charge >= 0.3 is 4.87 Å². The standard InChI is InChI=1S/C34H28FN3O6S2/c1-43-19-12-10-18(11-13-19)38-32(40)27-21-14-22(28(27)33(38)41)29-26(21)25(30-31(45-29)37-34(42)46-30)20-4-2-3-5-23(20)44-15-24(39)36-17-8-6-16(35)7-9-17/h2-13,21-22,25-29H,14-15H2,1H3,(H,36,39)(H,37,42)/t21?,22?,25-,26?,27?,28?,29?/m1/s1. The van der Waals surface area contributed by atoms with E-state index in [1.807, 2.05) is 18.2 Å². The largest absolute Gasteiger partial charge is 0.497 e. The highest BCUT2D eigenvalue weighted by atomic mass is 32.2. The number of halogens is 1. The minimum absolute atomic E-state index is 0.0106. The predicted octanol–water partition coefficient (Wildman–Crippen LogP) is 5.28. The number of ether oxygens (including phenoxy) is 2. The molecule has 0 radical (unpaired) electrons. The van der Waals surface area contributed by atoms with Crippen molar-refractivity contribution in [2.75, 3.05) is 23.9 Å². The Labute approximate surface area is 271 Å². The highest BCUT2D eigenvalue weighted by molar-refractivity contribution is 8.00. The predicted molar refractivity (Wildman–Crippen MR) is 171 cm³/mol. The van der Waals surface area contributed by atoms with Gasteiger partial charge < -0.3 is 19.8 Å². The lowest BCUT2D eigenvalue weighted by molar-refractivity contribution is -0.123. The van der Waals surface area contributed by atoms with Gasteiger partial charge in [0.15, 0.2) is 6.61 Å². The molecule has 0 spiro atoms. The lowest BCUT2D eigenvalue weighted by Crippen LogP contribution is -2.42. The number of aromatic amines is 1. The zero-order chi connectivity index (χ0) is 31.7. The summed E-state index contributed by atoms with van der Waals surface area (Å²) < 4.78 is 24.7. The molecule has 2 aliphatic heterocycles. The van der Waals surface area contributed by atoms with Crippen molar-refractivity contribution in [2.45, 2.75) is 22.6 Å². The van der Waals surface area contributed by atoms with E-state index in [4.69, 9.17) is 9.47 Å². The number of carbonyl (C=O) groups is 3. The van der Waals surface area contributed by atoms with E-state index in [0.29, 0.717) is 22.9 Å². The van der Waals surface area contributed by atoms with Crippen LogP contribution >= 0.6 is 23.1 Å². The molecule has 4 aliphatic rings. The van der Waals surface area contributed by atoms with Gasteiger partial charge in [-0.1, -0.05) is 29.5 Å². The number of aromatic nitrogens is 1. The molecule has 46 heavy (non-hydrogen) atoms. The number of imide groups is 1. The molecule has 8 rings (SSSR count). The molecule has 1 aromatic heterocycles. The summed E-state index contributed by atoms with van der Waals surface area (Å²) in [5.74, 6) is -1.25. The summed E-state index contributed by atoms with van der Waals surface area (Å²) in [7, 11) is 1.57. The van der Waals surface area contributed by atoms with Crippen LogP contribution in [0.15, 0.2) is 82.6 Å². The third-order valence-corrected chi connectivity index (χ3v) is 12.4. The van der Waals surface area contributed by atoms with Crippen LogP contribution in [-0.2, 0) is 14.4 Å². The Kier molecular flexibility index (Phi) is 7.02. The zero-order valence-electron chi connectivity index (χ0n) is 24.5. The van der Waals surface area contributed by atoms with Gasteiger partial charge in [0, 0.05) is 27.3 Å². The third-order valence-electron chi connectivity index (χ3n) is 9.80. The molecule has 2 bridgehead atoms. The molecule has 2 N–H and O–H groups in total. The van der Waals surface area contributed by atoms with Crippen LogP contribution in [0.3, 0.4) is 0 Å². The first-order valence-electron chi connectivity index (χ1n) is 15.0. The zero-order valence-corrected chi connectivity index (χ0v) is 26.1. The van der Waals surface area contributed by atoms with E-state index in [2.05, 4.69) is 10.3 Å². The van der Waals surface area contributed by atoms with Crippen LogP contribution in [0.4, 0.5) is 15.8 Å². The number of rotatable bonds is 7. The van der Waals surface area contributed by atoms with Gasteiger partial charge in [-0.2, -0.15) is 0 Å². The van der Waals surface area contributed by atoms with Crippen LogP contribution in [0.5, 0.6) is 11.5 Å². The van der Waals surface area contributed by atoms with Gasteiger partial charge in [0.05, 0.1) is 29.7 Å². The van der Waals surface area contributed by atoms with Crippen molar-refractivity contribution in [1.82, 2.24) is 4.98 Å². The monoisotopic (exact) mass is 657 g/mol. The van der Waals surface area contributed by atoms with Crippen molar-refractivity contribution in [3.8, 4) is 11.5 Å². The molecular weight excluding hydrogens is 630 g/mol. The number of thiazole rings is 1. The number of nitrogens with one attached hydrogen (secondary N) is 2. The van der Waals surface area contributed by atoms with Gasteiger partial charge in [-0.05, 0) is 78.8 Å².